The van der Waals surface area contributed by atoms with E-state index in [9.17, 15) is 13.2 Å². The zero-order valence-corrected chi connectivity index (χ0v) is 9.88. The van der Waals surface area contributed by atoms with Gasteiger partial charge in [-0.05, 0) is 26.7 Å². The van der Waals surface area contributed by atoms with Crippen LogP contribution in [0, 0.1) is 0 Å². The van der Waals surface area contributed by atoms with Gasteiger partial charge in [0.1, 0.15) is 0 Å². The maximum atomic E-state index is 11.7. The number of hydrogen-bond acceptors (Lipinski definition) is 3. The van der Waals surface area contributed by atoms with Crippen LogP contribution in [-0.2, 0) is 14.8 Å². The number of carbonyl (C=O) groups is 1. The van der Waals surface area contributed by atoms with Gasteiger partial charge in [0, 0.05) is 12.1 Å². The van der Waals surface area contributed by atoms with Crippen LogP contribution in [0.1, 0.15) is 33.1 Å². The second kappa shape index (κ2) is 4.09. The summed E-state index contributed by atoms with van der Waals surface area (Å²) in [4.78, 5) is 10.6. The Morgan fingerprint density at radius 2 is 2.00 bits per heavy atom. The summed E-state index contributed by atoms with van der Waals surface area (Å²) in [5.74, 6) is -0.837. The molecule has 0 aromatic rings. The lowest BCUT2D eigenvalue weighted by atomic mass is 10.0. The molecule has 88 valence electrons. The molecule has 1 heterocycles. The fourth-order valence-corrected chi connectivity index (χ4v) is 3.94. The van der Waals surface area contributed by atoms with Crippen molar-refractivity contribution in [1.29, 1.82) is 0 Å². The summed E-state index contributed by atoms with van der Waals surface area (Å²) >= 11 is 0. The molecule has 0 amide bonds. The molecule has 0 atom stereocenters. The van der Waals surface area contributed by atoms with Crippen LogP contribution in [0.25, 0.3) is 0 Å². The quantitative estimate of drug-likeness (QED) is 0.780. The highest BCUT2D eigenvalue weighted by Gasteiger charge is 2.38. The largest absolute Gasteiger partial charge is 0.481 e. The molecule has 1 saturated heterocycles. The zero-order valence-electron chi connectivity index (χ0n) is 9.06. The first kappa shape index (κ1) is 12.4. The average Bonchev–Trinajstić information content (AvgIpc) is 1.99. The molecule has 0 aliphatic carbocycles. The molecule has 0 spiro atoms. The second-order valence-electron chi connectivity index (χ2n) is 4.48. The fraction of sp³-hybridized carbons (Fsp3) is 0.889. The molecular formula is C9H17NO4S. The Balaban J connectivity index is 2.89. The summed E-state index contributed by atoms with van der Waals surface area (Å²) in [5, 5.41) is 8.73. The lowest BCUT2D eigenvalue weighted by Gasteiger charge is -2.38. The van der Waals surface area contributed by atoms with E-state index < -0.39 is 21.5 Å². The smallest absolute Gasteiger partial charge is 0.305 e. The van der Waals surface area contributed by atoms with E-state index in [1.54, 1.807) is 13.8 Å². The number of carboxylic acids is 1. The van der Waals surface area contributed by atoms with E-state index in [0.29, 0.717) is 13.0 Å². The van der Waals surface area contributed by atoms with Gasteiger partial charge in [-0.2, -0.15) is 4.31 Å². The molecule has 1 aliphatic rings. The van der Waals surface area contributed by atoms with Crippen molar-refractivity contribution in [3.05, 3.63) is 0 Å². The minimum absolute atomic E-state index is 0.135. The van der Waals surface area contributed by atoms with Crippen LogP contribution in [-0.4, -0.2) is 41.6 Å². The highest BCUT2D eigenvalue weighted by molar-refractivity contribution is 7.89. The molecule has 0 saturated carbocycles. The Morgan fingerprint density at radius 3 is 2.47 bits per heavy atom. The van der Waals surface area contributed by atoms with Crippen molar-refractivity contribution < 1.29 is 18.3 Å². The molecule has 6 heteroatoms. The van der Waals surface area contributed by atoms with Crippen molar-refractivity contribution in [3.8, 4) is 0 Å². The maximum absolute atomic E-state index is 11.7. The monoisotopic (exact) mass is 235 g/mol. The molecule has 5 nitrogen and oxygen atoms in total. The van der Waals surface area contributed by atoms with Crippen molar-refractivity contribution in [2.24, 2.45) is 0 Å². The molecule has 1 fully saturated rings. The first-order chi connectivity index (χ1) is 6.76. The van der Waals surface area contributed by atoms with Crippen LogP contribution >= 0.6 is 0 Å². The maximum Gasteiger partial charge on any atom is 0.305 e. The lowest BCUT2D eigenvalue weighted by molar-refractivity contribution is -0.139. The molecule has 0 unspecified atom stereocenters. The van der Waals surface area contributed by atoms with Gasteiger partial charge < -0.3 is 5.11 Å². The van der Waals surface area contributed by atoms with Crippen LogP contribution in [0.5, 0.6) is 0 Å². The highest BCUT2D eigenvalue weighted by Crippen LogP contribution is 2.26. The van der Waals surface area contributed by atoms with E-state index in [2.05, 4.69) is 0 Å². The van der Waals surface area contributed by atoms with Gasteiger partial charge in [-0.15, -0.1) is 0 Å². The number of carboxylic acid groups (broad SMARTS) is 1. The van der Waals surface area contributed by atoms with Crippen molar-refractivity contribution in [2.75, 3.05) is 12.3 Å². The lowest BCUT2D eigenvalue weighted by Crippen LogP contribution is -2.51. The number of nitrogens with zero attached hydrogens (tertiary/aromatic N) is 1. The molecule has 1 rings (SSSR count). The fourth-order valence-electron chi connectivity index (χ4n) is 1.93. The van der Waals surface area contributed by atoms with Crippen LogP contribution < -0.4 is 0 Å². The van der Waals surface area contributed by atoms with E-state index in [-0.39, 0.29) is 12.2 Å². The Hall–Kier alpha value is -0.620. The van der Waals surface area contributed by atoms with Crippen LogP contribution in [0.15, 0.2) is 0 Å². The molecular weight excluding hydrogens is 218 g/mol. The third-order valence-electron chi connectivity index (χ3n) is 2.61. The SMILES string of the molecule is CC(C)(CC(=O)O)N1CCCCS1(=O)=O. The Bertz CT molecular complexity index is 347. The minimum atomic E-state index is -3.26. The molecule has 0 bridgehead atoms. The van der Waals surface area contributed by atoms with Gasteiger partial charge in [-0.3, -0.25) is 4.79 Å². The summed E-state index contributed by atoms with van der Waals surface area (Å²) in [6.07, 6.45) is 1.32. The van der Waals surface area contributed by atoms with Gasteiger partial charge in [-0.1, -0.05) is 0 Å². The first-order valence-electron chi connectivity index (χ1n) is 4.98. The average molecular weight is 235 g/mol. The third-order valence-corrected chi connectivity index (χ3v) is 4.76. The number of hydrogen-bond donors (Lipinski definition) is 1. The summed E-state index contributed by atoms with van der Waals surface area (Å²) in [6, 6.07) is 0. The minimum Gasteiger partial charge on any atom is -0.481 e. The van der Waals surface area contributed by atoms with E-state index in [1.807, 2.05) is 0 Å². The zero-order chi connectivity index (χ0) is 11.7. The normalized spacial score (nSPS) is 22.5. The van der Waals surface area contributed by atoms with Crippen molar-refractivity contribution in [2.45, 2.75) is 38.6 Å². The first-order valence-corrected chi connectivity index (χ1v) is 6.59. The van der Waals surface area contributed by atoms with Gasteiger partial charge in [0.05, 0.1) is 12.2 Å². The van der Waals surface area contributed by atoms with Gasteiger partial charge in [0.2, 0.25) is 10.0 Å². The molecule has 1 aliphatic heterocycles. The summed E-state index contributed by atoms with van der Waals surface area (Å²) in [7, 11) is -3.26. The molecule has 0 radical (unpaired) electrons. The van der Waals surface area contributed by atoms with Crippen LogP contribution in [0.3, 0.4) is 0 Å². The predicted molar refractivity (Wildman–Crippen MR) is 56.1 cm³/mol. The molecule has 15 heavy (non-hydrogen) atoms. The summed E-state index contributed by atoms with van der Waals surface area (Å²) < 4.78 is 24.8. The third kappa shape index (κ3) is 2.92. The van der Waals surface area contributed by atoms with E-state index in [4.69, 9.17) is 5.11 Å². The second-order valence-corrected chi connectivity index (χ2v) is 6.49. The Labute approximate surface area is 90.1 Å². The molecule has 0 aromatic carbocycles. The van der Waals surface area contributed by atoms with Crippen LogP contribution in [0.2, 0.25) is 0 Å². The summed E-state index contributed by atoms with van der Waals surface area (Å²) in [6.45, 7) is 3.75. The van der Waals surface area contributed by atoms with Gasteiger partial charge in [0.25, 0.3) is 0 Å². The van der Waals surface area contributed by atoms with Crippen molar-refractivity contribution in [1.82, 2.24) is 4.31 Å². The van der Waals surface area contributed by atoms with E-state index in [0.717, 1.165) is 6.42 Å². The summed E-state index contributed by atoms with van der Waals surface area (Å²) in [5.41, 5.74) is -0.828. The number of aliphatic carboxylic acids is 1. The topological polar surface area (TPSA) is 74.7 Å². The highest BCUT2D eigenvalue weighted by atomic mass is 32.2. The van der Waals surface area contributed by atoms with Gasteiger partial charge in [-0.25, -0.2) is 8.42 Å². The van der Waals surface area contributed by atoms with Crippen molar-refractivity contribution >= 4 is 16.0 Å². The van der Waals surface area contributed by atoms with Crippen molar-refractivity contribution in [3.63, 3.8) is 0 Å². The van der Waals surface area contributed by atoms with Gasteiger partial charge >= 0.3 is 5.97 Å². The Morgan fingerprint density at radius 1 is 1.40 bits per heavy atom. The number of rotatable bonds is 3. The predicted octanol–water partition coefficient (Wildman–Crippen LogP) is 0.665. The van der Waals surface area contributed by atoms with Crippen LogP contribution in [0.4, 0.5) is 0 Å². The standard InChI is InChI=1S/C9H17NO4S/c1-9(2,7-8(11)12)10-5-3-4-6-15(10,13)14/h3-7H2,1-2H3,(H,11,12). The number of sulfonamides is 1. The molecule has 1 N–H and O–H groups in total. The Kier molecular flexibility index (Phi) is 3.40. The molecule has 0 aromatic heterocycles. The van der Waals surface area contributed by atoms with E-state index >= 15 is 0 Å². The van der Waals surface area contributed by atoms with E-state index in [1.165, 1.54) is 4.31 Å². The van der Waals surface area contributed by atoms with Gasteiger partial charge in [0.15, 0.2) is 0 Å².